The first-order chi connectivity index (χ1) is 14.6. The molecule has 0 N–H and O–H groups in total. The predicted octanol–water partition coefficient (Wildman–Crippen LogP) is 4.71. The molecule has 0 saturated heterocycles. The van der Waals surface area contributed by atoms with Gasteiger partial charge >= 0.3 is 6.18 Å². The van der Waals surface area contributed by atoms with Gasteiger partial charge in [0.15, 0.2) is 5.82 Å². The summed E-state index contributed by atoms with van der Waals surface area (Å²) in [6.45, 7) is 5.94. The quantitative estimate of drug-likeness (QED) is 0.568. The summed E-state index contributed by atoms with van der Waals surface area (Å²) in [6.07, 6.45) is -2.46. The van der Waals surface area contributed by atoms with E-state index in [9.17, 15) is 18.0 Å². The van der Waals surface area contributed by atoms with Crippen molar-refractivity contribution in [3.8, 4) is 5.82 Å². The van der Waals surface area contributed by atoms with E-state index in [2.05, 4.69) is 15.3 Å². The molecule has 3 aromatic rings. The van der Waals surface area contributed by atoms with E-state index < -0.39 is 28.7 Å². The second-order valence-corrected chi connectivity index (χ2v) is 7.95. The zero-order chi connectivity index (χ0) is 22.5. The fourth-order valence-electron chi connectivity index (χ4n) is 3.89. The Bertz CT molecular complexity index is 1170. The van der Waals surface area contributed by atoms with Gasteiger partial charge in [0.25, 0.3) is 5.91 Å². The van der Waals surface area contributed by atoms with Crippen LogP contribution in [0, 0.1) is 13.8 Å². The Labute approximate surface area is 181 Å². The van der Waals surface area contributed by atoms with Crippen LogP contribution in [0.4, 0.5) is 13.2 Å². The van der Waals surface area contributed by atoms with Gasteiger partial charge < -0.3 is 4.90 Å². The number of rotatable bonds is 2. The molecule has 1 atom stereocenters. The van der Waals surface area contributed by atoms with Crippen molar-refractivity contribution in [2.75, 3.05) is 6.54 Å². The Morgan fingerprint density at radius 2 is 2.00 bits per heavy atom. The van der Waals surface area contributed by atoms with Gasteiger partial charge in [0.2, 0.25) is 0 Å². The number of fused-ring (bicyclic) bond motifs is 1. The van der Waals surface area contributed by atoms with E-state index in [-0.39, 0.29) is 12.1 Å². The largest absolute Gasteiger partial charge is 0.417 e. The minimum absolute atomic E-state index is 0.185. The number of hydrogen-bond donors (Lipinski definition) is 0. The summed E-state index contributed by atoms with van der Waals surface area (Å²) in [5.74, 6) is 0.0840. The van der Waals surface area contributed by atoms with Gasteiger partial charge in [0.05, 0.1) is 27.9 Å². The second-order valence-electron chi connectivity index (χ2n) is 7.58. The fourth-order valence-corrected chi connectivity index (χ4v) is 4.20. The molecule has 3 heterocycles. The third-order valence-electron chi connectivity index (χ3n) is 5.43. The van der Waals surface area contributed by atoms with Gasteiger partial charge in [-0.1, -0.05) is 28.9 Å². The van der Waals surface area contributed by atoms with Crippen LogP contribution in [-0.2, 0) is 12.6 Å². The highest BCUT2D eigenvalue weighted by atomic mass is 35.5. The lowest BCUT2D eigenvalue weighted by Gasteiger charge is -2.33. The van der Waals surface area contributed by atoms with Crippen molar-refractivity contribution in [2.24, 2.45) is 0 Å². The molecule has 1 unspecified atom stereocenters. The number of aromatic nitrogens is 4. The minimum atomic E-state index is -4.64. The highest BCUT2D eigenvalue weighted by molar-refractivity contribution is 6.34. The number of alkyl halides is 3. The Morgan fingerprint density at radius 1 is 1.26 bits per heavy atom. The molecule has 6 nitrogen and oxygen atoms in total. The molecule has 31 heavy (non-hydrogen) atoms. The number of carbonyl (C=O) groups is 1. The van der Waals surface area contributed by atoms with Crippen molar-refractivity contribution < 1.29 is 18.0 Å². The summed E-state index contributed by atoms with van der Waals surface area (Å²) in [5, 5.41) is 7.88. The summed E-state index contributed by atoms with van der Waals surface area (Å²) < 4.78 is 41.2. The van der Waals surface area contributed by atoms with Crippen molar-refractivity contribution in [2.45, 2.75) is 39.4 Å². The van der Waals surface area contributed by atoms with Crippen molar-refractivity contribution in [1.29, 1.82) is 0 Å². The van der Waals surface area contributed by atoms with E-state index in [1.54, 1.807) is 17.8 Å². The zero-order valence-electron chi connectivity index (χ0n) is 17.0. The second kappa shape index (κ2) is 7.64. The standard InChI is InChI=1S/C21H19ClF3N5O/c1-11-9-12(2)19(26-10-11)30-16-7-8-29(13(3)18(16)27-28-30)20(31)14-5-4-6-15(17(14)22)21(23,24)25/h4-6,9-10,13H,7-8H2,1-3H3. The molecule has 0 spiro atoms. The van der Waals surface area contributed by atoms with Crippen LogP contribution < -0.4 is 0 Å². The van der Waals surface area contributed by atoms with Gasteiger partial charge in [0.1, 0.15) is 5.69 Å². The molecule has 0 aliphatic carbocycles. The van der Waals surface area contributed by atoms with Crippen LogP contribution in [0.2, 0.25) is 5.02 Å². The number of benzene rings is 1. The van der Waals surface area contributed by atoms with Crippen LogP contribution in [0.1, 0.15) is 51.4 Å². The van der Waals surface area contributed by atoms with Crippen LogP contribution in [-0.4, -0.2) is 37.3 Å². The first kappa shape index (κ1) is 21.3. The molecule has 162 valence electrons. The summed E-state index contributed by atoms with van der Waals surface area (Å²) in [7, 11) is 0. The lowest BCUT2D eigenvalue weighted by molar-refractivity contribution is -0.137. The van der Waals surface area contributed by atoms with Gasteiger partial charge in [-0.2, -0.15) is 17.9 Å². The van der Waals surface area contributed by atoms with Crippen molar-refractivity contribution in [3.63, 3.8) is 0 Å². The maximum atomic E-state index is 13.2. The fraction of sp³-hybridized carbons (Fsp3) is 0.333. The van der Waals surface area contributed by atoms with Crippen LogP contribution in [0.15, 0.2) is 30.5 Å². The maximum Gasteiger partial charge on any atom is 0.417 e. The predicted molar refractivity (Wildman–Crippen MR) is 108 cm³/mol. The van der Waals surface area contributed by atoms with Crippen LogP contribution in [0.5, 0.6) is 0 Å². The van der Waals surface area contributed by atoms with Crippen LogP contribution >= 0.6 is 11.6 Å². The van der Waals surface area contributed by atoms with Crippen molar-refractivity contribution >= 4 is 17.5 Å². The highest BCUT2D eigenvalue weighted by Crippen LogP contribution is 2.38. The molecule has 1 aliphatic heterocycles. The normalized spacial score (nSPS) is 16.4. The molecule has 0 radical (unpaired) electrons. The molecule has 10 heteroatoms. The molecular weight excluding hydrogens is 431 g/mol. The zero-order valence-corrected chi connectivity index (χ0v) is 17.8. The van der Waals surface area contributed by atoms with E-state index in [0.29, 0.717) is 17.9 Å². The minimum Gasteiger partial charge on any atom is -0.330 e. The van der Waals surface area contributed by atoms with E-state index in [0.717, 1.165) is 22.9 Å². The molecule has 4 rings (SSSR count). The summed E-state index contributed by atoms with van der Waals surface area (Å²) >= 11 is 5.96. The SMILES string of the molecule is Cc1cnc(-n2nnc3c2CCN(C(=O)c2cccc(C(F)(F)F)c2Cl)C3C)c(C)c1. The third-order valence-corrected chi connectivity index (χ3v) is 5.84. The van der Waals surface area contributed by atoms with Crippen molar-refractivity contribution in [3.05, 3.63) is 69.1 Å². The van der Waals surface area contributed by atoms with Gasteiger partial charge in [-0.3, -0.25) is 4.79 Å². The monoisotopic (exact) mass is 449 g/mol. The average Bonchev–Trinajstić information content (AvgIpc) is 3.12. The summed E-state index contributed by atoms with van der Waals surface area (Å²) in [5.41, 5.74) is 2.16. The maximum absolute atomic E-state index is 13.2. The number of hydrogen-bond acceptors (Lipinski definition) is 4. The summed E-state index contributed by atoms with van der Waals surface area (Å²) in [6, 6.07) is 4.86. The average molecular weight is 450 g/mol. The first-order valence-corrected chi connectivity index (χ1v) is 10.0. The Balaban J connectivity index is 1.67. The number of pyridine rings is 1. The Hall–Kier alpha value is -2.94. The molecule has 2 aromatic heterocycles. The number of halogens is 4. The number of amides is 1. The topological polar surface area (TPSA) is 63.9 Å². The number of nitrogens with zero attached hydrogens (tertiary/aromatic N) is 5. The van der Waals surface area contributed by atoms with Gasteiger partial charge in [-0.15, -0.1) is 5.10 Å². The Kier molecular flexibility index (Phi) is 5.25. The smallest absolute Gasteiger partial charge is 0.330 e. The third kappa shape index (κ3) is 3.67. The summed E-state index contributed by atoms with van der Waals surface area (Å²) in [4.78, 5) is 19.0. The lowest BCUT2D eigenvalue weighted by Crippen LogP contribution is -2.39. The van der Waals surface area contributed by atoms with E-state index >= 15 is 0 Å². The van der Waals surface area contributed by atoms with Crippen molar-refractivity contribution in [1.82, 2.24) is 24.9 Å². The van der Waals surface area contributed by atoms with Gasteiger partial charge in [-0.25, -0.2) is 4.98 Å². The number of aryl methyl sites for hydroxylation is 2. The molecule has 1 aromatic carbocycles. The Morgan fingerprint density at radius 3 is 2.68 bits per heavy atom. The molecular formula is C21H19ClF3N5O. The molecule has 0 fully saturated rings. The lowest BCUT2D eigenvalue weighted by atomic mass is 10.0. The number of carbonyl (C=O) groups excluding carboxylic acids is 1. The first-order valence-electron chi connectivity index (χ1n) is 9.64. The molecule has 1 amide bonds. The van der Waals surface area contributed by atoms with E-state index in [4.69, 9.17) is 11.6 Å². The van der Waals surface area contributed by atoms with Crippen LogP contribution in [0.25, 0.3) is 5.82 Å². The van der Waals surface area contributed by atoms with Gasteiger partial charge in [-0.05, 0) is 44.0 Å². The molecule has 1 aliphatic rings. The molecule has 0 bridgehead atoms. The van der Waals surface area contributed by atoms with Gasteiger partial charge in [0, 0.05) is 19.2 Å². The molecule has 0 saturated carbocycles. The van der Waals surface area contributed by atoms with E-state index in [1.165, 1.54) is 17.0 Å². The highest BCUT2D eigenvalue weighted by Gasteiger charge is 2.37. The van der Waals surface area contributed by atoms with E-state index in [1.807, 2.05) is 19.9 Å². The van der Waals surface area contributed by atoms with Crippen LogP contribution in [0.3, 0.4) is 0 Å².